The Labute approximate surface area is 64.7 Å². The summed E-state index contributed by atoms with van der Waals surface area (Å²) in [7, 11) is 0. The maximum Gasteiger partial charge on any atom is 0.344 e. The van der Waals surface area contributed by atoms with E-state index in [1.54, 1.807) is 0 Å². The van der Waals surface area contributed by atoms with Crippen molar-refractivity contribution < 1.29 is 14.7 Å². The molecule has 6 heteroatoms. The molecule has 10 heavy (non-hydrogen) atoms. The van der Waals surface area contributed by atoms with Gasteiger partial charge in [0.05, 0.1) is 6.10 Å². The Morgan fingerprint density at radius 2 is 2.10 bits per heavy atom. The van der Waals surface area contributed by atoms with Gasteiger partial charge in [0.25, 0.3) is 0 Å². The normalized spacial score (nSPS) is 14.8. The minimum Gasteiger partial charge on any atom is -0.391 e. The first kappa shape index (κ1) is 12.3. The number of halogens is 1. The first-order chi connectivity index (χ1) is 4.09. The summed E-state index contributed by atoms with van der Waals surface area (Å²) in [6.45, 7) is 1.38. The van der Waals surface area contributed by atoms with Crippen LogP contribution in [0.25, 0.3) is 0 Å². The van der Waals surface area contributed by atoms with Crippen molar-refractivity contribution in [2.75, 3.05) is 0 Å². The molecule has 0 aromatic heterocycles. The van der Waals surface area contributed by atoms with Crippen molar-refractivity contribution in [2.24, 2.45) is 11.6 Å². The van der Waals surface area contributed by atoms with Crippen LogP contribution in [-0.2, 0) is 9.63 Å². The lowest BCUT2D eigenvalue weighted by molar-refractivity contribution is -0.148. The SMILES string of the molecule is C[C@@H](O)[C@H](N)C(=O)ON.Cl. The van der Waals surface area contributed by atoms with E-state index >= 15 is 0 Å². The van der Waals surface area contributed by atoms with E-state index in [-0.39, 0.29) is 12.4 Å². The molecular weight excluding hydrogens is 160 g/mol. The van der Waals surface area contributed by atoms with Crippen molar-refractivity contribution in [1.29, 1.82) is 0 Å². The summed E-state index contributed by atoms with van der Waals surface area (Å²) in [5.41, 5.74) is 5.07. The smallest absolute Gasteiger partial charge is 0.344 e. The van der Waals surface area contributed by atoms with Crippen molar-refractivity contribution in [3.63, 3.8) is 0 Å². The third kappa shape index (κ3) is 3.62. The second-order valence-corrected chi connectivity index (χ2v) is 1.70. The summed E-state index contributed by atoms with van der Waals surface area (Å²) >= 11 is 0. The molecule has 0 bridgehead atoms. The van der Waals surface area contributed by atoms with Gasteiger partial charge in [-0.3, -0.25) is 0 Å². The number of carbonyl (C=O) groups excluding carboxylic acids is 1. The lowest BCUT2D eigenvalue weighted by Gasteiger charge is -2.09. The minimum absolute atomic E-state index is 0. The Balaban J connectivity index is 0. The van der Waals surface area contributed by atoms with Gasteiger partial charge in [-0.25, -0.2) is 4.79 Å². The maximum atomic E-state index is 10.3. The predicted octanol–water partition coefficient (Wildman–Crippen LogP) is -1.47. The first-order valence-corrected chi connectivity index (χ1v) is 2.43. The van der Waals surface area contributed by atoms with Gasteiger partial charge >= 0.3 is 5.97 Å². The van der Waals surface area contributed by atoms with Crippen LogP contribution in [0.2, 0.25) is 0 Å². The molecule has 0 saturated heterocycles. The van der Waals surface area contributed by atoms with Crippen LogP contribution in [0.15, 0.2) is 0 Å². The molecule has 0 radical (unpaired) electrons. The zero-order valence-corrected chi connectivity index (χ0v) is 6.30. The largest absolute Gasteiger partial charge is 0.391 e. The molecule has 0 rings (SSSR count). The summed E-state index contributed by atoms with van der Waals surface area (Å²) in [5, 5.41) is 8.64. The highest BCUT2D eigenvalue weighted by Crippen LogP contribution is 1.88. The average Bonchev–Trinajstić information content (AvgIpc) is 1.84. The van der Waals surface area contributed by atoms with Crippen LogP contribution in [0.3, 0.4) is 0 Å². The molecule has 2 atom stereocenters. The fraction of sp³-hybridized carbons (Fsp3) is 0.750. The molecule has 0 saturated carbocycles. The van der Waals surface area contributed by atoms with Crippen molar-refractivity contribution in [3.8, 4) is 0 Å². The summed E-state index contributed by atoms with van der Waals surface area (Å²) in [6, 6.07) is -1.05. The lowest BCUT2D eigenvalue weighted by atomic mass is 10.2. The second kappa shape index (κ2) is 5.43. The van der Waals surface area contributed by atoms with E-state index in [9.17, 15) is 4.79 Å². The predicted molar refractivity (Wildman–Crippen MR) is 37.2 cm³/mol. The Morgan fingerprint density at radius 3 is 2.20 bits per heavy atom. The molecular formula is C4H11ClN2O3. The van der Waals surface area contributed by atoms with E-state index in [1.165, 1.54) is 6.92 Å². The molecule has 0 aliphatic heterocycles. The maximum absolute atomic E-state index is 10.3. The van der Waals surface area contributed by atoms with Gasteiger partial charge in [-0.05, 0) is 6.92 Å². The van der Waals surface area contributed by atoms with E-state index in [0.717, 1.165) is 0 Å². The van der Waals surface area contributed by atoms with Gasteiger partial charge in [0.1, 0.15) is 6.04 Å². The molecule has 0 spiro atoms. The van der Waals surface area contributed by atoms with E-state index in [1.807, 2.05) is 0 Å². The molecule has 5 nitrogen and oxygen atoms in total. The fourth-order valence-electron chi connectivity index (χ4n) is 0.276. The summed E-state index contributed by atoms with van der Waals surface area (Å²) in [6.07, 6.45) is -0.930. The Hall–Kier alpha value is -0.360. The molecule has 0 unspecified atom stereocenters. The van der Waals surface area contributed by atoms with Crippen LogP contribution in [-0.4, -0.2) is 23.2 Å². The second-order valence-electron chi connectivity index (χ2n) is 1.70. The zero-order valence-electron chi connectivity index (χ0n) is 5.48. The van der Waals surface area contributed by atoms with Crippen molar-refractivity contribution in [3.05, 3.63) is 0 Å². The van der Waals surface area contributed by atoms with Gasteiger partial charge < -0.3 is 15.7 Å². The molecule has 5 N–H and O–H groups in total. The van der Waals surface area contributed by atoms with E-state index < -0.39 is 18.1 Å². The van der Waals surface area contributed by atoms with Crippen LogP contribution in [0.4, 0.5) is 0 Å². The number of nitrogens with two attached hydrogens (primary N) is 2. The average molecular weight is 171 g/mol. The van der Waals surface area contributed by atoms with Gasteiger partial charge in [-0.2, -0.15) is 5.90 Å². The molecule has 62 valence electrons. The van der Waals surface area contributed by atoms with E-state index in [0.29, 0.717) is 0 Å². The van der Waals surface area contributed by atoms with Gasteiger partial charge in [0.15, 0.2) is 0 Å². The van der Waals surface area contributed by atoms with E-state index in [4.69, 9.17) is 10.8 Å². The quantitative estimate of drug-likeness (QED) is 0.440. The number of hydrogen-bond donors (Lipinski definition) is 3. The third-order valence-corrected chi connectivity index (χ3v) is 0.908. The van der Waals surface area contributed by atoms with Crippen LogP contribution < -0.4 is 11.6 Å². The number of rotatable bonds is 2. The van der Waals surface area contributed by atoms with Crippen LogP contribution >= 0.6 is 12.4 Å². The van der Waals surface area contributed by atoms with Crippen molar-refractivity contribution in [2.45, 2.75) is 19.1 Å². The number of hydrogen-bond acceptors (Lipinski definition) is 5. The number of carbonyl (C=O) groups is 1. The zero-order chi connectivity index (χ0) is 7.44. The first-order valence-electron chi connectivity index (χ1n) is 2.43. The summed E-state index contributed by atoms with van der Waals surface area (Å²) in [4.78, 5) is 14.1. The standard InChI is InChI=1S/C4H10N2O3.ClH/c1-2(7)3(5)4(8)9-6;/h2-3,7H,5-6H2,1H3;1H/t2-,3+;/m1./s1. The van der Waals surface area contributed by atoms with Gasteiger partial charge in [0, 0.05) is 0 Å². The number of aliphatic hydroxyl groups excluding tert-OH is 1. The summed E-state index contributed by atoms with van der Waals surface area (Å²) in [5.74, 6) is 3.66. The molecule has 0 aromatic rings. The monoisotopic (exact) mass is 170 g/mol. The molecule has 0 aliphatic carbocycles. The summed E-state index contributed by atoms with van der Waals surface area (Å²) < 4.78 is 0. The molecule has 0 amide bonds. The van der Waals surface area contributed by atoms with Crippen LogP contribution in [0, 0.1) is 0 Å². The highest BCUT2D eigenvalue weighted by molar-refractivity contribution is 5.85. The van der Waals surface area contributed by atoms with E-state index in [2.05, 4.69) is 10.7 Å². The molecule has 0 aliphatic rings. The highest BCUT2D eigenvalue weighted by atomic mass is 35.5. The molecule has 0 heterocycles. The number of aliphatic hydroxyl groups is 1. The Kier molecular flexibility index (Phi) is 6.69. The van der Waals surface area contributed by atoms with Crippen molar-refractivity contribution >= 4 is 18.4 Å². The van der Waals surface area contributed by atoms with Gasteiger partial charge in [-0.15, -0.1) is 12.4 Å². The van der Waals surface area contributed by atoms with Crippen LogP contribution in [0.1, 0.15) is 6.92 Å². The Bertz CT molecular complexity index is 109. The Morgan fingerprint density at radius 1 is 1.70 bits per heavy atom. The molecule has 0 fully saturated rings. The van der Waals surface area contributed by atoms with Gasteiger partial charge in [0.2, 0.25) is 0 Å². The van der Waals surface area contributed by atoms with Gasteiger partial charge in [-0.1, -0.05) is 0 Å². The van der Waals surface area contributed by atoms with Crippen molar-refractivity contribution in [1.82, 2.24) is 0 Å². The highest BCUT2D eigenvalue weighted by Gasteiger charge is 2.19. The third-order valence-electron chi connectivity index (χ3n) is 0.908. The minimum atomic E-state index is -1.05. The lowest BCUT2D eigenvalue weighted by Crippen LogP contribution is -2.42. The topological polar surface area (TPSA) is 98.6 Å². The molecule has 0 aromatic carbocycles. The fourth-order valence-corrected chi connectivity index (χ4v) is 0.276. The van der Waals surface area contributed by atoms with Crippen LogP contribution in [0.5, 0.6) is 0 Å².